The van der Waals surface area contributed by atoms with E-state index >= 15 is 0 Å². The summed E-state index contributed by atoms with van der Waals surface area (Å²) in [6.45, 7) is 7.59. The molecule has 22 heavy (non-hydrogen) atoms. The molecule has 2 heterocycles. The molecular formula is C12H18Cl3N2O3PS. The molecule has 0 spiro atoms. The third-order valence-electron chi connectivity index (χ3n) is 3.44. The molecule has 126 valence electrons. The predicted octanol–water partition coefficient (Wildman–Crippen LogP) is 2.58. The van der Waals surface area contributed by atoms with E-state index in [1.54, 1.807) is 16.7 Å². The number of halogens is 3. The zero-order chi connectivity index (χ0) is 16.9. The van der Waals surface area contributed by atoms with Crippen molar-refractivity contribution in [3.63, 3.8) is 0 Å². The molecule has 10 heteroatoms. The fraction of sp³-hybridized carbons (Fsp3) is 0.833. The van der Waals surface area contributed by atoms with Crippen LogP contribution in [0.3, 0.4) is 0 Å². The Morgan fingerprint density at radius 2 is 2.05 bits per heavy atom. The van der Waals surface area contributed by atoms with Crippen molar-refractivity contribution in [3.05, 3.63) is 0 Å². The number of hydrogen-bond donors (Lipinski definition) is 1. The summed E-state index contributed by atoms with van der Waals surface area (Å²) in [7, 11) is -0.407. The summed E-state index contributed by atoms with van der Waals surface area (Å²) in [6, 6.07) is -0.906. The highest BCUT2D eigenvalue weighted by atomic mass is 35.6. The lowest BCUT2D eigenvalue weighted by Crippen LogP contribution is -2.69. The van der Waals surface area contributed by atoms with Crippen LogP contribution in [0, 0.1) is 0 Å². The quantitative estimate of drug-likeness (QED) is 0.336. The molecule has 0 bridgehead atoms. The van der Waals surface area contributed by atoms with Gasteiger partial charge in [-0.15, -0.1) is 11.8 Å². The molecule has 0 aromatic carbocycles. The van der Waals surface area contributed by atoms with Gasteiger partial charge in [-0.2, -0.15) is 0 Å². The van der Waals surface area contributed by atoms with Gasteiger partial charge in [0.1, 0.15) is 24.1 Å². The number of ether oxygens (including phenoxy) is 1. The lowest BCUT2D eigenvalue weighted by molar-refractivity contribution is -0.163. The average molecular weight is 408 g/mol. The van der Waals surface area contributed by atoms with Crippen LogP contribution >= 0.6 is 54.6 Å². The molecule has 0 aromatic rings. The molecule has 2 fully saturated rings. The molecular weight excluding hydrogens is 390 g/mol. The van der Waals surface area contributed by atoms with Gasteiger partial charge >= 0.3 is 5.97 Å². The summed E-state index contributed by atoms with van der Waals surface area (Å²) in [5.74, 6) is -0.608. The molecule has 1 N–H and O–H groups in total. The van der Waals surface area contributed by atoms with Crippen LogP contribution in [0.5, 0.6) is 0 Å². The zero-order valence-corrected chi connectivity index (χ0v) is 16.6. The number of alkyl halides is 3. The van der Waals surface area contributed by atoms with Gasteiger partial charge in [-0.1, -0.05) is 34.8 Å². The second-order valence-corrected chi connectivity index (χ2v) is 12.3. The molecule has 2 aliphatic rings. The highest BCUT2D eigenvalue weighted by molar-refractivity contribution is 8.01. The number of rotatable bonds is 4. The van der Waals surface area contributed by atoms with E-state index in [2.05, 4.69) is 5.09 Å². The van der Waals surface area contributed by atoms with Crippen LogP contribution in [0.4, 0.5) is 0 Å². The number of esters is 1. The van der Waals surface area contributed by atoms with E-state index < -0.39 is 28.6 Å². The van der Waals surface area contributed by atoms with Crippen LogP contribution in [0.2, 0.25) is 0 Å². The van der Waals surface area contributed by atoms with Gasteiger partial charge in [-0.25, -0.2) is 4.79 Å². The smallest absolute Gasteiger partial charge is 0.330 e. The number of β-lactam (4-membered cyclic amide) rings is 1. The Hall–Kier alpha value is 0.550. The molecule has 1 amide bonds. The fourth-order valence-corrected chi connectivity index (χ4v) is 5.32. The van der Waals surface area contributed by atoms with Crippen LogP contribution in [0.25, 0.3) is 0 Å². The van der Waals surface area contributed by atoms with Crippen LogP contribution in [0.1, 0.15) is 13.8 Å². The number of hydrogen-bond acceptors (Lipinski definition) is 5. The average Bonchev–Trinajstić information content (AvgIpc) is 2.61. The lowest BCUT2D eigenvalue weighted by atomic mass is 9.96. The SMILES string of the molecule is CP(C)N[C@@H]1C(=O)N2[C@@H]1SC(C)(C)[C@@H]2C(=O)OCC(Cl)(Cl)Cl. The predicted molar refractivity (Wildman–Crippen MR) is 93.0 cm³/mol. The van der Waals surface area contributed by atoms with E-state index in [9.17, 15) is 9.59 Å². The minimum Gasteiger partial charge on any atom is -0.460 e. The number of nitrogens with one attached hydrogen (secondary N) is 1. The summed E-state index contributed by atoms with van der Waals surface area (Å²) in [6.07, 6.45) is 0. The maximum atomic E-state index is 12.4. The van der Waals surface area contributed by atoms with Gasteiger partial charge in [-0.05, 0) is 35.2 Å². The number of nitrogens with zero attached hydrogens (tertiary/aromatic N) is 1. The third-order valence-corrected chi connectivity index (χ3v) is 6.13. The molecule has 0 unspecified atom stereocenters. The molecule has 2 saturated heterocycles. The summed E-state index contributed by atoms with van der Waals surface area (Å²) >= 11 is 18.4. The highest BCUT2D eigenvalue weighted by Gasteiger charge is 2.64. The number of fused-ring (bicyclic) bond motifs is 1. The summed E-state index contributed by atoms with van der Waals surface area (Å²) < 4.78 is 2.97. The van der Waals surface area contributed by atoms with E-state index in [1.165, 1.54) is 0 Å². The minimum absolute atomic E-state index is 0.0577. The Morgan fingerprint density at radius 1 is 1.45 bits per heavy atom. The van der Waals surface area contributed by atoms with Gasteiger partial charge < -0.3 is 9.64 Å². The maximum absolute atomic E-state index is 12.4. The van der Waals surface area contributed by atoms with Crippen molar-refractivity contribution >= 4 is 66.5 Å². The van der Waals surface area contributed by atoms with Gasteiger partial charge in [0.2, 0.25) is 9.70 Å². The molecule has 0 radical (unpaired) electrons. The minimum atomic E-state index is -1.66. The van der Waals surface area contributed by atoms with Crippen molar-refractivity contribution in [3.8, 4) is 0 Å². The Labute approximate surface area is 150 Å². The summed E-state index contributed by atoms with van der Waals surface area (Å²) in [4.78, 5) is 26.3. The van der Waals surface area contributed by atoms with E-state index in [1.807, 2.05) is 27.2 Å². The second kappa shape index (κ2) is 6.45. The first-order chi connectivity index (χ1) is 9.94. The van der Waals surface area contributed by atoms with E-state index in [0.29, 0.717) is 0 Å². The molecule has 2 rings (SSSR count). The van der Waals surface area contributed by atoms with Crippen LogP contribution in [-0.4, -0.2) is 62.7 Å². The molecule has 3 atom stereocenters. The molecule has 0 aromatic heterocycles. The topological polar surface area (TPSA) is 58.6 Å². The van der Waals surface area contributed by atoms with E-state index in [4.69, 9.17) is 39.5 Å². The van der Waals surface area contributed by atoms with Crippen molar-refractivity contribution < 1.29 is 14.3 Å². The van der Waals surface area contributed by atoms with Gasteiger partial charge in [0.25, 0.3) is 0 Å². The monoisotopic (exact) mass is 406 g/mol. The van der Waals surface area contributed by atoms with Gasteiger partial charge in [0, 0.05) is 4.75 Å². The standard InChI is InChI=1S/C12H18Cl3N2O3PS/c1-11(2)7(10(19)20-5-12(13,14)15)17-8(18)6(9(17)22-11)16-21(3)4/h6-7,9,16H,5H2,1-4H3/t6-,7+,9-/m1/s1. The van der Waals surface area contributed by atoms with Gasteiger partial charge in [-0.3, -0.25) is 9.88 Å². The molecule has 5 nitrogen and oxygen atoms in total. The number of amides is 1. The Balaban J connectivity index is 2.09. The van der Waals surface area contributed by atoms with Gasteiger partial charge in [0.05, 0.1) is 0 Å². The zero-order valence-electron chi connectivity index (χ0n) is 12.6. The second-order valence-electron chi connectivity index (χ2n) is 5.98. The Morgan fingerprint density at radius 3 is 2.55 bits per heavy atom. The number of carbonyl (C=O) groups is 2. The first-order valence-corrected chi connectivity index (χ1v) is 10.9. The van der Waals surface area contributed by atoms with Crippen LogP contribution in [0.15, 0.2) is 0 Å². The van der Waals surface area contributed by atoms with Crippen molar-refractivity contribution in [2.75, 3.05) is 19.9 Å². The van der Waals surface area contributed by atoms with Gasteiger partial charge in [0.15, 0.2) is 0 Å². The van der Waals surface area contributed by atoms with E-state index in [-0.39, 0.29) is 23.9 Å². The lowest BCUT2D eigenvalue weighted by Gasteiger charge is -2.44. The maximum Gasteiger partial charge on any atom is 0.330 e. The van der Waals surface area contributed by atoms with Crippen molar-refractivity contribution in [2.24, 2.45) is 0 Å². The number of carbonyl (C=O) groups excluding carboxylic acids is 2. The molecule has 0 aliphatic carbocycles. The summed E-state index contributed by atoms with van der Waals surface area (Å²) in [5.41, 5.74) is 0. The first-order valence-electron chi connectivity index (χ1n) is 6.61. The normalized spacial score (nSPS) is 30.3. The van der Waals surface area contributed by atoms with E-state index in [0.717, 1.165) is 0 Å². The summed E-state index contributed by atoms with van der Waals surface area (Å²) in [5, 5.41) is 3.23. The Kier molecular flexibility index (Phi) is 5.54. The highest BCUT2D eigenvalue weighted by Crippen LogP contribution is 2.52. The van der Waals surface area contributed by atoms with Crippen LogP contribution in [-0.2, 0) is 14.3 Å². The molecule has 0 saturated carbocycles. The number of thioether (sulfide) groups is 1. The van der Waals surface area contributed by atoms with Crippen LogP contribution < -0.4 is 5.09 Å². The third kappa shape index (κ3) is 3.79. The van der Waals surface area contributed by atoms with Crippen molar-refractivity contribution in [1.29, 1.82) is 0 Å². The van der Waals surface area contributed by atoms with Crippen molar-refractivity contribution in [2.45, 2.75) is 39.8 Å². The molecule has 2 aliphatic heterocycles. The largest absolute Gasteiger partial charge is 0.460 e. The first kappa shape index (κ1) is 18.9. The van der Waals surface area contributed by atoms with Crippen molar-refractivity contribution in [1.82, 2.24) is 9.99 Å². The Bertz CT molecular complexity index is 487. The fourth-order valence-electron chi connectivity index (χ4n) is 2.62.